The zero-order valence-electron chi connectivity index (χ0n) is 13.1. The van der Waals surface area contributed by atoms with Crippen LogP contribution >= 0.6 is 0 Å². The van der Waals surface area contributed by atoms with Crippen molar-refractivity contribution in [1.82, 2.24) is 10.2 Å². The highest BCUT2D eigenvalue weighted by atomic mass is 16.5. The van der Waals surface area contributed by atoms with E-state index in [4.69, 9.17) is 4.74 Å². The molecule has 2 aliphatic rings. The third-order valence-corrected chi connectivity index (χ3v) is 5.57. The van der Waals surface area contributed by atoms with Crippen molar-refractivity contribution < 1.29 is 4.74 Å². The lowest BCUT2D eigenvalue weighted by Gasteiger charge is -2.42. The Balaban J connectivity index is 1.79. The van der Waals surface area contributed by atoms with Gasteiger partial charge in [-0.25, -0.2) is 0 Å². The Bertz CT molecular complexity index is 255. The number of likely N-dealkylation sites (tertiary alicyclic amines) is 1. The Morgan fingerprint density at radius 1 is 1.11 bits per heavy atom. The van der Waals surface area contributed by atoms with E-state index < -0.39 is 0 Å². The highest BCUT2D eigenvalue weighted by Crippen LogP contribution is 2.38. The van der Waals surface area contributed by atoms with Crippen LogP contribution in [0.1, 0.15) is 46.5 Å². The summed E-state index contributed by atoms with van der Waals surface area (Å²) in [6.07, 6.45) is 5.48. The fourth-order valence-electron chi connectivity index (χ4n) is 3.77. The lowest BCUT2D eigenvalue weighted by Crippen LogP contribution is -2.46. The third kappa shape index (κ3) is 3.71. The summed E-state index contributed by atoms with van der Waals surface area (Å²) in [5.74, 6) is 0.690. The van der Waals surface area contributed by atoms with Gasteiger partial charge in [-0.2, -0.15) is 0 Å². The van der Waals surface area contributed by atoms with Crippen LogP contribution in [0.15, 0.2) is 0 Å². The first kappa shape index (κ1) is 15.3. The molecule has 2 saturated heterocycles. The Hall–Kier alpha value is -0.120. The molecule has 0 aromatic rings. The average molecular weight is 268 g/mol. The molecule has 0 aliphatic carbocycles. The van der Waals surface area contributed by atoms with Crippen LogP contribution < -0.4 is 5.32 Å². The zero-order valence-corrected chi connectivity index (χ0v) is 13.1. The van der Waals surface area contributed by atoms with E-state index >= 15 is 0 Å². The lowest BCUT2D eigenvalue weighted by atomic mass is 9.74. The van der Waals surface area contributed by atoms with Gasteiger partial charge in [0.25, 0.3) is 0 Å². The van der Waals surface area contributed by atoms with Gasteiger partial charge < -0.3 is 15.0 Å². The number of piperidine rings is 1. The van der Waals surface area contributed by atoms with Crippen molar-refractivity contribution in [3.8, 4) is 0 Å². The minimum atomic E-state index is 0.578. The first-order chi connectivity index (χ1) is 9.23. The Labute approximate surface area is 119 Å². The molecule has 0 bridgehead atoms. The molecule has 3 heteroatoms. The van der Waals surface area contributed by atoms with E-state index in [-0.39, 0.29) is 0 Å². The van der Waals surface area contributed by atoms with Crippen molar-refractivity contribution in [2.24, 2.45) is 11.3 Å². The average Bonchev–Trinajstić information content (AvgIpc) is 2.88. The highest BCUT2D eigenvalue weighted by molar-refractivity contribution is 4.88. The highest BCUT2D eigenvalue weighted by Gasteiger charge is 2.34. The fraction of sp³-hybridized carbons (Fsp3) is 1.00. The molecule has 0 aromatic carbocycles. The molecule has 2 rings (SSSR count). The molecule has 19 heavy (non-hydrogen) atoms. The van der Waals surface area contributed by atoms with Crippen molar-refractivity contribution in [2.75, 3.05) is 39.4 Å². The van der Waals surface area contributed by atoms with Crippen LogP contribution in [0.4, 0.5) is 0 Å². The molecule has 2 aliphatic heterocycles. The maximum atomic E-state index is 5.66. The smallest absolute Gasteiger partial charge is 0.0623 e. The third-order valence-electron chi connectivity index (χ3n) is 5.57. The summed E-state index contributed by atoms with van der Waals surface area (Å²) in [6, 6.07) is 0.578. The molecular weight excluding hydrogens is 236 g/mol. The van der Waals surface area contributed by atoms with Crippen LogP contribution in [0.3, 0.4) is 0 Å². The second-order valence-electron chi connectivity index (χ2n) is 6.47. The van der Waals surface area contributed by atoms with Gasteiger partial charge in [0.05, 0.1) is 13.2 Å². The lowest BCUT2D eigenvalue weighted by molar-refractivity contribution is 0.0795. The summed E-state index contributed by atoms with van der Waals surface area (Å²) in [5.41, 5.74) is 0.643. The standard InChI is InChI=1S/C16H32N2O/c1-4-16(5-2)7-9-18(10-8-16)11-14-12-19-13-15(14)17-6-3/h14-15,17H,4-13H2,1-3H3. The molecule has 2 unspecified atom stereocenters. The Morgan fingerprint density at radius 3 is 2.37 bits per heavy atom. The first-order valence-corrected chi connectivity index (χ1v) is 8.26. The SMILES string of the molecule is CCNC1COCC1CN1CCC(CC)(CC)CC1. The normalized spacial score (nSPS) is 31.7. The van der Waals surface area contributed by atoms with E-state index in [1.54, 1.807) is 0 Å². The quantitative estimate of drug-likeness (QED) is 0.801. The Kier molecular flexibility index (Phi) is 5.67. The van der Waals surface area contributed by atoms with Gasteiger partial charge in [0.2, 0.25) is 0 Å². The summed E-state index contributed by atoms with van der Waals surface area (Å²) in [7, 11) is 0. The van der Waals surface area contributed by atoms with E-state index in [1.165, 1.54) is 45.3 Å². The van der Waals surface area contributed by atoms with Gasteiger partial charge in [-0.15, -0.1) is 0 Å². The zero-order chi connectivity index (χ0) is 13.7. The molecule has 3 nitrogen and oxygen atoms in total. The topological polar surface area (TPSA) is 24.5 Å². The maximum Gasteiger partial charge on any atom is 0.0623 e. The fourth-order valence-corrected chi connectivity index (χ4v) is 3.77. The van der Waals surface area contributed by atoms with Crippen molar-refractivity contribution >= 4 is 0 Å². The van der Waals surface area contributed by atoms with Gasteiger partial charge in [-0.3, -0.25) is 0 Å². The molecule has 0 saturated carbocycles. The molecule has 0 radical (unpaired) electrons. The van der Waals surface area contributed by atoms with Crippen molar-refractivity contribution in [3.63, 3.8) is 0 Å². The van der Waals surface area contributed by atoms with Gasteiger partial charge >= 0.3 is 0 Å². The summed E-state index contributed by atoms with van der Waals surface area (Å²) < 4.78 is 5.66. The summed E-state index contributed by atoms with van der Waals surface area (Å²) >= 11 is 0. The van der Waals surface area contributed by atoms with Gasteiger partial charge in [0.15, 0.2) is 0 Å². The predicted molar refractivity (Wildman–Crippen MR) is 80.5 cm³/mol. The number of nitrogens with one attached hydrogen (secondary N) is 1. The second-order valence-corrected chi connectivity index (χ2v) is 6.47. The van der Waals surface area contributed by atoms with Crippen LogP contribution in [-0.4, -0.2) is 50.3 Å². The molecule has 112 valence electrons. The molecule has 2 atom stereocenters. The molecule has 2 fully saturated rings. The van der Waals surface area contributed by atoms with Crippen LogP contribution in [0.5, 0.6) is 0 Å². The maximum absolute atomic E-state index is 5.66. The molecule has 0 amide bonds. The number of rotatable bonds is 6. The molecule has 0 aromatic heterocycles. The Morgan fingerprint density at radius 2 is 1.79 bits per heavy atom. The molecule has 0 spiro atoms. The van der Waals surface area contributed by atoms with Crippen molar-refractivity contribution in [1.29, 1.82) is 0 Å². The van der Waals surface area contributed by atoms with Crippen LogP contribution in [0, 0.1) is 11.3 Å². The number of hydrogen-bond acceptors (Lipinski definition) is 3. The van der Waals surface area contributed by atoms with E-state index in [9.17, 15) is 0 Å². The summed E-state index contributed by atoms with van der Waals surface area (Å²) in [5, 5.41) is 3.57. The monoisotopic (exact) mass is 268 g/mol. The summed E-state index contributed by atoms with van der Waals surface area (Å²) in [4.78, 5) is 2.67. The number of ether oxygens (including phenoxy) is 1. The molecular formula is C16H32N2O. The van der Waals surface area contributed by atoms with Crippen LogP contribution in [-0.2, 0) is 4.74 Å². The first-order valence-electron chi connectivity index (χ1n) is 8.26. The minimum Gasteiger partial charge on any atom is -0.379 e. The van der Waals surface area contributed by atoms with Crippen LogP contribution in [0.25, 0.3) is 0 Å². The van der Waals surface area contributed by atoms with Crippen molar-refractivity contribution in [2.45, 2.75) is 52.5 Å². The largest absolute Gasteiger partial charge is 0.379 e. The van der Waals surface area contributed by atoms with E-state index in [2.05, 4.69) is 31.0 Å². The van der Waals surface area contributed by atoms with Crippen molar-refractivity contribution in [3.05, 3.63) is 0 Å². The predicted octanol–water partition coefficient (Wildman–Crippen LogP) is 2.51. The molecule has 2 heterocycles. The van der Waals surface area contributed by atoms with Gasteiger partial charge in [0, 0.05) is 18.5 Å². The van der Waals surface area contributed by atoms with Gasteiger partial charge in [-0.05, 0) is 37.9 Å². The summed E-state index contributed by atoms with van der Waals surface area (Å²) in [6.45, 7) is 13.6. The van der Waals surface area contributed by atoms with E-state index in [1.807, 2.05) is 0 Å². The van der Waals surface area contributed by atoms with Crippen LogP contribution in [0.2, 0.25) is 0 Å². The van der Waals surface area contributed by atoms with Gasteiger partial charge in [0.1, 0.15) is 0 Å². The van der Waals surface area contributed by atoms with E-state index in [0.717, 1.165) is 19.8 Å². The number of likely N-dealkylation sites (N-methyl/N-ethyl adjacent to an activating group) is 1. The number of hydrogen-bond donors (Lipinski definition) is 1. The molecule has 1 N–H and O–H groups in total. The second kappa shape index (κ2) is 7.05. The number of nitrogens with zero attached hydrogens (tertiary/aromatic N) is 1. The van der Waals surface area contributed by atoms with Gasteiger partial charge in [-0.1, -0.05) is 33.6 Å². The van der Waals surface area contributed by atoms with E-state index in [0.29, 0.717) is 17.4 Å². The minimum absolute atomic E-state index is 0.578.